The van der Waals surface area contributed by atoms with Gasteiger partial charge in [0.05, 0.1) is 10.5 Å². The van der Waals surface area contributed by atoms with Gasteiger partial charge in [-0.05, 0) is 87.3 Å². The molecular formula is C22H24N2O4S. The third kappa shape index (κ3) is 3.74. The molecule has 3 rings (SSSR count). The number of amides is 2. The highest BCUT2D eigenvalue weighted by molar-refractivity contribution is 8.18. The average molecular weight is 413 g/mol. The van der Waals surface area contributed by atoms with Gasteiger partial charge in [0.2, 0.25) is 0 Å². The first-order valence-corrected chi connectivity index (χ1v) is 10.3. The Hall–Kier alpha value is -2.80. The number of hydrogen-bond donors (Lipinski definition) is 1. The molecule has 2 heterocycles. The SMILES string of the molecule is CC[C@H](C)N1C(=O)S/C(=C/c2cc(C)n(-c3ccc(C(=O)O)cc3C)c2C)C1=O. The van der Waals surface area contributed by atoms with Crippen LogP contribution in [0.3, 0.4) is 0 Å². The molecule has 1 aliphatic heterocycles. The molecule has 152 valence electrons. The topological polar surface area (TPSA) is 79.6 Å². The molecular weight excluding hydrogens is 388 g/mol. The van der Waals surface area contributed by atoms with E-state index in [1.54, 1.807) is 24.3 Å². The van der Waals surface area contributed by atoms with Crippen molar-refractivity contribution < 1.29 is 19.5 Å². The van der Waals surface area contributed by atoms with Crippen LogP contribution in [0.2, 0.25) is 0 Å². The van der Waals surface area contributed by atoms with Crippen molar-refractivity contribution in [3.8, 4) is 5.69 Å². The van der Waals surface area contributed by atoms with Crippen molar-refractivity contribution >= 4 is 35.0 Å². The number of carbonyl (C=O) groups excluding carboxylic acids is 2. The van der Waals surface area contributed by atoms with Crippen molar-refractivity contribution in [1.82, 2.24) is 9.47 Å². The molecule has 1 aromatic carbocycles. The fraction of sp³-hybridized carbons (Fsp3) is 0.318. The number of aryl methyl sites for hydroxylation is 2. The standard InChI is InChI=1S/C22H24N2O4S/c1-6-13(3)24-20(25)19(29-22(24)28)11-17-10-14(4)23(15(17)5)18-8-7-16(21(26)27)9-12(18)2/h7-11,13H,6H2,1-5H3,(H,26,27)/b19-11+/t13-/m0/s1. The molecule has 2 aromatic rings. The predicted molar refractivity (Wildman–Crippen MR) is 115 cm³/mol. The number of carboxylic acid groups (broad SMARTS) is 1. The van der Waals surface area contributed by atoms with E-state index < -0.39 is 5.97 Å². The van der Waals surface area contributed by atoms with Crippen LogP contribution in [0, 0.1) is 20.8 Å². The Labute approximate surface area is 174 Å². The number of aromatic carboxylic acids is 1. The average Bonchev–Trinajstić information content (AvgIpc) is 3.10. The number of hydrogen-bond acceptors (Lipinski definition) is 4. The van der Waals surface area contributed by atoms with Gasteiger partial charge in [-0.25, -0.2) is 4.79 Å². The molecule has 0 saturated carbocycles. The maximum Gasteiger partial charge on any atom is 0.335 e. The maximum atomic E-state index is 12.7. The van der Waals surface area contributed by atoms with Gasteiger partial charge in [-0.2, -0.15) is 0 Å². The van der Waals surface area contributed by atoms with E-state index >= 15 is 0 Å². The molecule has 1 saturated heterocycles. The zero-order valence-electron chi connectivity index (χ0n) is 17.1. The van der Waals surface area contributed by atoms with Crippen LogP contribution in [0.4, 0.5) is 4.79 Å². The van der Waals surface area contributed by atoms with E-state index in [4.69, 9.17) is 0 Å². The minimum absolute atomic E-state index is 0.128. The molecule has 2 amide bonds. The smallest absolute Gasteiger partial charge is 0.335 e. The van der Waals surface area contributed by atoms with Gasteiger partial charge in [-0.1, -0.05) is 6.92 Å². The van der Waals surface area contributed by atoms with Crippen molar-refractivity contribution in [3.63, 3.8) is 0 Å². The molecule has 1 atom stereocenters. The lowest BCUT2D eigenvalue weighted by molar-refractivity contribution is -0.124. The summed E-state index contributed by atoms with van der Waals surface area (Å²) < 4.78 is 2.03. The first-order chi connectivity index (χ1) is 13.6. The van der Waals surface area contributed by atoms with E-state index in [1.165, 1.54) is 4.90 Å². The van der Waals surface area contributed by atoms with Crippen molar-refractivity contribution in [2.24, 2.45) is 0 Å². The zero-order valence-corrected chi connectivity index (χ0v) is 18.0. The van der Waals surface area contributed by atoms with Crippen molar-refractivity contribution in [3.05, 3.63) is 57.2 Å². The first-order valence-electron chi connectivity index (χ1n) is 9.46. The van der Waals surface area contributed by atoms with E-state index in [9.17, 15) is 19.5 Å². The van der Waals surface area contributed by atoms with Crippen LogP contribution in [0.5, 0.6) is 0 Å². The summed E-state index contributed by atoms with van der Waals surface area (Å²) in [6.07, 6.45) is 2.48. The Balaban J connectivity index is 2.01. The Morgan fingerprint density at radius 2 is 1.90 bits per heavy atom. The minimum Gasteiger partial charge on any atom is -0.478 e. The van der Waals surface area contributed by atoms with Gasteiger partial charge in [-0.15, -0.1) is 0 Å². The van der Waals surface area contributed by atoms with Crippen LogP contribution in [0.25, 0.3) is 11.8 Å². The lowest BCUT2D eigenvalue weighted by Gasteiger charge is -2.19. The van der Waals surface area contributed by atoms with Gasteiger partial charge < -0.3 is 9.67 Å². The van der Waals surface area contributed by atoms with Gasteiger partial charge >= 0.3 is 5.97 Å². The summed E-state index contributed by atoms with van der Waals surface area (Å²) in [6, 6.07) is 6.86. The number of aromatic nitrogens is 1. The number of benzene rings is 1. The first kappa shape index (κ1) is 20.9. The Bertz CT molecular complexity index is 1050. The molecule has 1 aliphatic rings. The summed E-state index contributed by atoms with van der Waals surface area (Å²) in [6.45, 7) is 9.60. The maximum absolute atomic E-state index is 12.7. The van der Waals surface area contributed by atoms with Gasteiger partial charge in [-0.3, -0.25) is 14.5 Å². The number of rotatable bonds is 5. The second-order valence-corrected chi connectivity index (χ2v) is 8.27. The number of thioether (sulfide) groups is 1. The van der Waals surface area contributed by atoms with Crippen LogP contribution in [-0.4, -0.2) is 37.7 Å². The molecule has 1 aromatic heterocycles. The van der Waals surface area contributed by atoms with Crippen LogP contribution in [0.15, 0.2) is 29.2 Å². The van der Waals surface area contributed by atoms with Crippen LogP contribution in [-0.2, 0) is 4.79 Å². The quantitative estimate of drug-likeness (QED) is 0.704. The summed E-state index contributed by atoms with van der Waals surface area (Å²) in [7, 11) is 0. The molecule has 29 heavy (non-hydrogen) atoms. The van der Waals surface area contributed by atoms with Gasteiger partial charge in [0.1, 0.15) is 0 Å². The summed E-state index contributed by atoms with van der Waals surface area (Å²) >= 11 is 0.972. The van der Waals surface area contributed by atoms with Gasteiger partial charge in [0.15, 0.2) is 0 Å². The zero-order chi connectivity index (χ0) is 21.5. The molecule has 0 bridgehead atoms. The van der Waals surface area contributed by atoms with Crippen molar-refractivity contribution in [2.75, 3.05) is 0 Å². The van der Waals surface area contributed by atoms with Crippen LogP contribution >= 0.6 is 11.8 Å². The van der Waals surface area contributed by atoms with Crippen molar-refractivity contribution in [2.45, 2.75) is 47.1 Å². The highest BCUT2D eigenvalue weighted by Gasteiger charge is 2.37. The molecule has 1 fully saturated rings. The second-order valence-electron chi connectivity index (χ2n) is 7.28. The van der Waals surface area contributed by atoms with Gasteiger partial charge in [0.25, 0.3) is 11.1 Å². The fourth-order valence-corrected chi connectivity index (χ4v) is 4.45. The summed E-state index contributed by atoms with van der Waals surface area (Å²) in [5.74, 6) is -1.21. The summed E-state index contributed by atoms with van der Waals surface area (Å²) in [4.78, 5) is 37.9. The predicted octanol–water partition coefficient (Wildman–Crippen LogP) is 4.94. The lowest BCUT2D eigenvalue weighted by Crippen LogP contribution is -2.36. The van der Waals surface area contributed by atoms with Gasteiger partial charge in [0, 0.05) is 23.1 Å². The van der Waals surface area contributed by atoms with Crippen molar-refractivity contribution in [1.29, 1.82) is 0 Å². The lowest BCUT2D eigenvalue weighted by atomic mass is 10.1. The van der Waals surface area contributed by atoms with E-state index in [1.807, 2.05) is 45.3 Å². The monoisotopic (exact) mass is 412 g/mol. The molecule has 7 heteroatoms. The third-order valence-corrected chi connectivity index (χ3v) is 6.18. The molecule has 0 unspecified atom stereocenters. The fourth-order valence-electron chi connectivity index (χ4n) is 3.53. The summed E-state index contributed by atoms with van der Waals surface area (Å²) in [5, 5.41) is 8.96. The largest absolute Gasteiger partial charge is 0.478 e. The molecule has 0 spiro atoms. The van der Waals surface area contributed by atoms with Crippen LogP contribution < -0.4 is 0 Å². The van der Waals surface area contributed by atoms with E-state index in [2.05, 4.69) is 0 Å². The highest BCUT2D eigenvalue weighted by Crippen LogP contribution is 2.35. The second kappa shape index (κ2) is 7.91. The molecule has 0 aliphatic carbocycles. The van der Waals surface area contributed by atoms with E-state index in [0.717, 1.165) is 40.0 Å². The number of imide groups is 1. The Morgan fingerprint density at radius 1 is 1.21 bits per heavy atom. The van der Waals surface area contributed by atoms with Crippen LogP contribution in [0.1, 0.15) is 53.1 Å². The van der Waals surface area contributed by atoms with E-state index in [0.29, 0.717) is 11.3 Å². The molecule has 6 nitrogen and oxygen atoms in total. The highest BCUT2D eigenvalue weighted by atomic mass is 32.2. The normalized spacial score (nSPS) is 16.7. The molecule has 1 N–H and O–H groups in total. The third-order valence-electron chi connectivity index (χ3n) is 5.30. The minimum atomic E-state index is -0.960. The number of carboxylic acids is 1. The number of carbonyl (C=O) groups is 3. The van der Waals surface area contributed by atoms with E-state index in [-0.39, 0.29) is 22.8 Å². The Morgan fingerprint density at radius 3 is 2.48 bits per heavy atom. The Kier molecular flexibility index (Phi) is 5.71. The summed E-state index contributed by atoms with van der Waals surface area (Å²) in [5.41, 5.74) is 4.71. The number of nitrogens with zero attached hydrogens (tertiary/aromatic N) is 2. The molecule has 0 radical (unpaired) electrons.